The van der Waals surface area contributed by atoms with Crippen molar-refractivity contribution in [1.29, 1.82) is 0 Å². The Kier molecular flexibility index (Phi) is 8.30. The van der Waals surface area contributed by atoms with Gasteiger partial charge < -0.3 is 9.47 Å². The van der Waals surface area contributed by atoms with Gasteiger partial charge in [0.05, 0.1) is 20.4 Å². The number of halogens is 3. The maximum absolute atomic E-state index is 13.0. The maximum Gasteiger partial charge on any atom is 0.293 e. The van der Waals surface area contributed by atoms with Crippen molar-refractivity contribution in [2.45, 2.75) is 13.5 Å². The topological polar surface area (TPSA) is 55.8 Å². The predicted molar refractivity (Wildman–Crippen MR) is 142 cm³/mol. The zero-order chi connectivity index (χ0) is 24.9. The number of nitrogens with zero attached hydrogens (tertiary/aromatic N) is 1. The summed E-state index contributed by atoms with van der Waals surface area (Å²) in [6.45, 7) is 2.66. The normalized spacial score (nSPS) is 14.6. The highest BCUT2D eigenvalue weighted by molar-refractivity contribution is 9.11. The van der Waals surface area contributed by atoms with E-state index < -0.39 is 0 Å². The average molecular weight is 621 g/mol. The fourth-order valence-electron chi connectivity index (χ4n) is 3.27. The summed E-state index contributed by atoms with van der Waals surface area (Å²) >= 11 is 7.96. The monoisotopic (exact) mass is 619 g/mol. The summed E-state index contributed by atoms with van der Waals surface area (Å²) in [5.74, 6) is 0.370. The minimum Gasteiger partial charge on any atom is -0.492 e. The number of benzene rings is 3. The lowest BCUT2D eigenvalue weighted by atomic mass is 10.1. The first-order valence-electron chi connectivity index (χ1n) is 10.6. The van der Waals surface area contributed by atoms with Gasteiger partial charge in [-0.15, -0.1) is 0 Å². The first-order chi connectivity index (χ1) is 16.8. The average Bonchev–Trinajstić information content (AvgIpc) is 3.08. The molecule has 5 nitrogen and oxygen atoms in total. The fraction of sp³-hybridized carbons (Fsp3) is 0.154. The second-order valence-electron chi connectivity index (χ2n) is 7.72. The number of thioether (sulfide) groups is 1. The molecule has 35 heavy (non-hydrogen) atoms. The molecule has 0 atom stereocenters. The zero-order valence-corrected chi connectivity index (χ0v) is 22.6. The summed E-state index contributed by atoms with van der Waals surface area (Å²) in [6.07, 6.45) is 1.67. The van der Waals surface area contributed by atoms with Gasteiger partial charge in [-0.2, -0.15) is 0 Å². The summed E-state index contributed by atoms with van der Waals surface area (Å²) in [4.78, 5) is 26.6. The molecule has 1 aliphatic heterocycles. The molecule has 9 heteroatoms. The van der Waals surface area contributed by atoms with Crippen LogP contribution in [-0.4, -0.2) is 29.2 Å². The van der Waals surface area contributed by atoms with Crippen LogP contribution in [0.15, 0.2) is 74.5 Å². The van der Waals surface area contributed by atoms with Gasteiger partial charge in [-0.3, -0.25) is 14.5 Å². The highest BCUT2D eigenvalue weighted by atomic mass is 79.9. The molecule has 0 radical (unpaired) electrons. The molecule has 3 aromatic rings. The quantitative estimate of drug-likeness (QED) is 0.246. The van der Waals surface area contributed by atoms with Crippen LogP contribution >= 0.6 is 43.6 Å². The molecule has 0 aromatic heterocycles. The van der Waals surface area contributed by atoms with Gasteiger partial charge >= 0.3 is 0 Å². The van der Waals surface area contributed by atoms with Crippen LogP contribution in [0.1, 0.15) is 16.7 Å². The number of rotatable bonds is 8. The Hall–Kier alpha value is -2.62. The minimum absolute atomic E-state index is 0.0958. The van der Waals surface area contributed by atoms with Gasteiger partial charge in [-0.05, 0) is 104 Å². The summed E-state index contributed by atoms with van der Waals surface area (Å²) < 4.78 is 25.9. The SMILES string of the molecule is Cc1ccc(COc2c(Br)cc(/C=C3\SC(=O)N(CCOc4ccc(F)cc4)C3=O)cc2Br)cc1. The number of ether oxygens (including phenoxy) is 2. The highest BCUT2D eigenvalue weighted by Gasteiger charge is 2.34. The van der Waals surface area contributed by atoms with E-state index in [1.807, 2.05) is 43.3 Å². The number of aryl methyl sites for hydroxylation is 1. The first-order valence-corrected chi connectivity index (χ1v) is 13.0. The largest absolute Gasteiger partial charge is 0.492 e. The molecule has 0 bridgehead atoms. The van der Waals surface area contributed by atoms with Crippen LogP contribution in [0.4, 0.5) is 9.18 Å². The summed E-state index contributed by atoms with van der Waals surface area (Å²) in [6, 6.07) is 17.3. The Bertz CT molecular complexity index is 1260. The lowest BCUT2D eigenvalue weighted by Crippen LogP contribution is -2.32. The molecule has 180 valence electrons. The van der Waals surface area contributed by atoms with Crippen molar-refractivity contribution in [3.05, 3.63) is 97.0 Å². The number of hydrogen-bond donors (Lipinski definition) is 0. The summed E-state index contributed by atoms with van der Waals surface area (Å²) in [5, 5.41) is -0.361. The Labute approximate surface area is 223 Å². The van der Waals surface area contributed by atoms with Crippen molar-refractivity contribution in [3.8, 4) is 11.5 Å². The van der Waals surface area contributed by atoms with E-state index in [2.05, 4.69) is 31.9 Å². The Morgan fingerprint density at radius 3 is 2.29 bits per heavy atom. The number of carbonyl (C=O) groups excluding carboxylic acids is 2. The minimum atomic E-state index is -0.380. The smallest absolute Gasteiger partial charge is 0.293 e. The van der Waals surface area contributed by atoms with Crippen molar-refractivity contribution in [2.75, 3.05) is 13.2 Å². The van der Waals surface area contributed by atoms with Crippen LogP contribution in [0.3, 0.4) is 0 Å². The molecule has 2 amide bonds. The number of hydrogen-bond acceptors (Lipinski definition) is 5. The third-order valence-corrected chi connectivity index (χ3v) is 7.18. The van der Waals surface area contributed by atoms with E-state index in [0.29, 0.717) is 23.0 Å². The molecule has 0 saturated carbocycles. The number of imide groups is 1. The van der Waals surface area contributed by atoms with Gasteiger partial charge in [0, 0.05) is 0 Å². The molecule has 1 aliphatic rings. The molecule has 0 spiro atoms. The van der Waals surface area contributed by atoms with Crippen LogP contribution < -0.4 is 9.47 Å². The van der Waals surface area contributed by atoms with Crippen molar-refractivity contribution in [3.63, 3.8) is 0 Å². The molecule has 1 saturated heterocycles. The molecular weight excluding hydrogens is 601 g/mol. The van der Waals surface area contributed by atoms with Crippen LogP contribution in [0, 0.1) is 12.7 Å². The Balaban J connectivity index is 1.40. The van der Waals surface area contributed by atoms with E-state index in [1.165, 1.54) is 29.8 Å². The van der Waals surface area contributed by atoms with Crippen molar-refractivity contribution >= 4 is 60.8 Å². The van der Waals surface area contributed by atoms with E-state index in [0.717, 1.165) is 36.7 Å². The van der Waals surface area contributed by atoms with Gasteiger partial charge in [-0.1, -0.05) is 29.8 Å². The maximum atomic E-state index is 13.0. The molecule has 1 heterocycles. The highest BCUT2D eigenvalue weighted by Crippen LogP contribution is 2.38. The molecule has 4 rings (SSSR count). The number of carbonyl (C=O) groups is 2. The lowest BCUT2D eigenvalue weighted by molar-refractivity contribution is -0.123. The second-order valence-corrected chi connectivity index (χ2v) is 10.4. The van der Waals surface area contributed by atoms with Crippen molar-refractivity contribution in [2.24, 2.45) is 0 Å². The summed E-state index contributed by atoms with van der Waals surface area (Å²) in [5.41, 5.74) is 2.97. The van der Waals surface area contributed by atoms with Crippen LogP contribution in [0.25, 0.3) is 6.08 Å². The molecule has 0 N–H and O–H groups in total. The van der Waals surface area contributed by atoms with Crippen LogP contribution in [0.2, 0.25) is 0 Å². The van der Waals surface area contributed by atoms with Gasteiger partial charge in [-0.25, -0.2) is 4.39 Å². The van der Waals surface area contributed by atoms with Crippen LogP contribution in [-0.2, 0) is 11.4 Å². The van der Waals surface area contributed by atoms with Gasteiger partial charge in [0.2, 0.25) is 0 Å². The van der Waals surface area contributed by atoms with Gasteiger partial charge in [0.25, 0.3) is 11.1 Å². The van der Waals surface area contributed by atoms with E-state index in [-0.39, 0.29) is 30.1 Å². The third-order valence-electron chi connectivity index (χ3n) is 5.09. The molecule has 3 aromatic carbocycles. The van der Waals surface area contributed by atoms with Crippen molar-refractivity contribution in [1.82, 2.24) is 4.90 Å². The third kappa shape index (κ3) is 6.54. The zero-order valence-electron chi connectivity index (χ0n) is 18.6. The first kappa shape index (κ1) is 25.5. The predicted octanol–water partition coefficient (Wildman–Crippen LogP) is 7.35. The standard InChI is InChI=1S/C26H20Br2FNO4S/c1-16-2-4-17(5-3-16)15-34-24-21(27)12-18(13-22(24)28)14-23-25(31)30(26(32)35-23)10-11-33-20-8-6-19(29)7-9-20/h2-9,12-14H,10-11,15H2,1H3/b23-14-. The molecular formula is C26H20Br2FNO4S. The lowest BCUT2D eigenvalue weighted by Gasteiger charge is -2.13. The van der Waals surface area contributed by atoms with E-state index in [9.17, 15) is 14.0 Å². The molecule has 1 fully saturated rings. The fourth-order valence-corrected chi connectivity index (χ4v) is 5.59. The second kappa shape index (κ2) is 11.4. The van der Waals surface area contributed by atoms with E-state index >= 15 is 0 Å². The summed E-state index contributed by atoms with van der Waals surface area (Å²) in [7, 11) is 0. The molecule has 0 unspecified atom stereocenters. The Morgan fingerprint density at radius 2 is 1.63 bits per heavy atom. The van der Waals surface area contributed by atoms with Gasteiger partial charge in [0.1, 0.15) is 30.5 Å². The molecule has 0 aliphatic carbocycles. The van der Waals surface area contributed by atoms with Crippen LogP contribution in [0.5, 0.6) is 11.5 Å². The van der Waals surface area contributed by atoms with Gasteiger partial charge in [0.15, 0.2) is 0 Å². The number of amides is 2. The van der Waals surface area contributed by atoms with E-state index in [4.69, 9.17) is 9.47 Å². The van der Waals surface area contributed by atoms with Crippen molar-refractivity contribution < 1.29 is 23.5 Å². The Morgan fingerprint density at radius 1 is 0.971 bits per heavy atom. The van der Waals surface area contributed by atoms with E-state index in [1.54, 1.807) is 6.08 Å².